The van der Waals surface area contributed by atoms with E-state index in [1.165, 1.54) is 7.11 Å². The van der Waals surface area contributed by atoms with Gasteiger partial charge in [-0.3, -0.25) is 0 Å². The number of hydrogen-bond acceptors (Lipinski definition) is 2. The van der Waals surface area contributed by atoms with Gasteiger partial charge in [0, 0.05) is 17.0 Å². The van der Waals surface area contributed by atoms with Gasteiger partial charge in [-0.15, -0.1) is 0 Å². The Morgan fingerprint density at radius 3 is 2.27 bits per heavy atom. The minimum Gasteiger partial charge on any atom is -0.496 e. The van der Waals surface area contributed by atoms with Crippen molar-refractivity contribution in [1.82, 2.24) is 0 Å². The number of hydrogen-bond donors (Lipinski definition) is 0. The molecule has 0 fully saturated rings. The maximum absolute atomic E-state index is 13.0. The van der Waals surface area contributed by atoms with Gasteiger partial charge in [-0.2, -0.15) is 0 Å². The molecular weight excluding hydrogens is 202 g/mol. The Morgan fingerprint density at radius 1 is 1.27 bits per heavy atom. The first-order valence-corrected chi connectivity index (χ1v) is 4.42. The third-order valence-corrected chi connectivity index (χ3v) is 2.23. The lowest BCUT2D eigenvalue weighted by Gasteiger charge is -2.20. The SMILES string of the molecule is COc1cc(F)c(F)cc1C(C)(C)C=O. The minimum atomic E-state index is -0.989. The predicted molar refractivity (Wildman–Crippen MR) is 52.0 cm³/mol. The fourth-order valence-electron chi connectivity index (χ4n) is 1.26. The van der Waals surface area contributed by atoms with Crippen LogP contribution in [0.25, 0.3) is 0 Å². The van der Waals surface area contributed by atoms with Crippen LogP contribution < -0.4 is 4.74 Å². The summed E-state index contributed by atoms with van der Waals surface area (Å²) in [5.74, 6) is -1.80. The van der Waals surface area contributed by atoms with Crippen LogP contribution in [0.15, 0.2) is 12.1 Å². The monoisotopic (exact) mass is 214 g/mol. The Morgan fingerprint density at radius 2 is 1.80 bits per heavy atom. The number of carbonyl (C=O) groups is 1. The first-order chi connectivity index (χ1) is 6.92. The zero-order valence-electron chi connectivity index (χ0n) is 8.80. The van der Waals surface area contributed by atoms with Crippen molar-refractivity contribution in [3.05, 3.63) is 29.3 Å². The average Bonchev–Trinajstić information content (AvgIpc) is 2.21. The van der Waals surface area contributed by atoms with Gasteiger partial charge in [0.1, 0.15) is 12.0 Å². The second-order valence-electron chi connectivity index (χ2n) is 3.81. The van der Waals surface area contributed by atoms with E-state index in [1.54, 1.807) is 13.8 Å². The molecule has 1 aromatic carbocycles. The first-order valence-electron chi connectivity index (χ1n) is 4.42. The van der Waals surface area contributed by atoms with Gasteiger partial charge in [0.2, 0.25) is 0 Å². The quantitative estimate of drug-likeness (QED) is 0.722. The highest BCUT2D eigenvalue weighted by atomic mass is 19.2. The molecule has 0 atom stereocenters. The Kier molecular flexibility index (Phi) is 3.07. The molecule has 0 aliphatic heterocycles. The molecule has 0 heterocycles. The second kappa shape index (κ2) is 3.96. The fraction of sp³-hybridized carbons (Fsp3) is 0.364. The Balaban J connectivity index is 3.40. The molecule has 82 valence electrons. The second-order valence-corrected chi connectivity index (χ2v) is 3.81. The molecule has 0 saturated carbocycles. The van der Waals surface area contributed by atoms with Gasteiger partial charge in [0.05, 0.1) is 7.11 Å². The summed E-state index contributed by atoms with van der Waals surface area (Å²) in [6.07, 6.45) is 0.669. The molecule has 0 N–H and O–H groups in total. The lowest BCUT2D eigenvalue weighted by molar-refractivity contribution is -0.111. The van der Waals surface area contributed by atoms with Crippen molar-refractivity contribution in [2.45, 2.75) is 19.3 Å². The van der Waals surface area contributed by atoms with Crippen LogP contribution in [0.3, 0.4) is 0 Å². The number of benzene rings is 1. The molecule has 0 spiro atoms. The van der Waals surface area contributed by atoms with Crippen molar-refractivity contribution in [2.24, 2.45) is 0 Å². The Hall–Kier alpha value is -1.45. The topological polar surface area (TPSA) is 26.3 Å². The summed E-state index contributed by atoms with van der Waals surface area (Å²) in [5.41, 5.74) is -0.571. The summed E-state index contributed by atoms with van der Waals surface area (Å²) in [6.45, 7) is 3.21. The molecule has 2 nitrogen and oxygen atoms in total. The molecule has 0 aromatic heterocycles. The van der Waals surface area contributed by atoms with Crippen molar-refractivity contribution < 1.29 is 18.3 Å². The van der Waals surface area contributed by atoms with Gasteiger partial charge in [-0.05, 0) is 19.9 Å². The lowest BCUT2D eigenvalue weighted by atomic mass is 9.85. The molecule has 0 unspecified atom stereocenters. The maximum Gasteiger partial charge on any atom is 0.162 e. The van der Waals surface area contributed by atoms with E-state index < -0.39 is 17.0 Å². The predicted octanol–water partition coefficient (Wildman–Crippen LogP) is 2.45. The minimum absolute atomic E-state index is 0.172. The average molecular weight is 214 g/mol. The van der Waals surface area contributed by atoms with Crippen molar-refractivity contribution in [1.29, 1.82) is 0 Å². The van der Waals surface area contributed by atoms with Gasteiger partial charge in [-0.1, -0.05) is 0 Å². The Bertz CT molecular complexity index is 386. The fourth-order valence-corrected chi connectivity index (χ4v) is 1.26. The molecule has 0 aliphatic rings. The molecule has 0 radical (unpaired) electrons. The van der Waals surface area contributed by atoms with Gasteiger partial charge >= 0.3 is 0 Å². The summed E-state index contributed by atoms with van der Waals surface area (Å²) in [6, 6.07) is 1.93. The highest BCUT2D eigenvalue weighted by molar-refractivity contribution is 5.69. The molecule has 1 aromatic rings. The van der Waals surface area contributed by atoms with Crippen LogP contribution in [0.2, 0.25) is 0 Å². The Labute approximate surface area is 86.9 Å². The summed E-state index contributed by atoms with van der Waals surface area (Å²) in [5, 5.41) is 0. The third-order valence-electron chi connectivity index (χ3n) is 2.23. The normalized spacial score (nSPS) is 11.3. The number of ether oxygens (including phenoxy) is 1. The van der Waals surface area contributed by atoms with Crippen molar-refractivity contribution >= 4 is 6.29 Å². The van der Waals surface area contributed by atoms with E-state index in [9.17, 15) is 13.6 Å². The van der Waals surface area contributed by atoms with E-state index >= 15 is 0 Å². The maximum atomic E-state index is 13.0. The summed E-state index contributed by atoms with van der Waals surface area (Å²) in [4.78, 5) is 10.8. The van der Waals surface area contributed by atoms with Crippen molar-refractivity contribution in [2.75, 3.05) is 7.11 Å². The summed E-state index contributed by atoms with van der Waals surface area (Å²) in [7, 11) is 1.34. The van der Waals surface area contributed by atoms with Crippen LogP contribution >= 0.6 is 0 Å². The van der Waals surface area contributed by atoms with Crippen LogP contribution in [0.4, 0.5) is 8.78 Å². The van der Waals surface area contributed by atoms with E-state index in [1.807, 2.05) is 0 Å². The number of rotatable bonds is 3. The van der Waals surface area contributed by atoms with Crippen LogP contribution in [-0.4, -0.2) is 13.4 Å². The van der Waals surface area contributed by atoms with E-state index in [2.05, 4.69) is 0 Å². The molecule has 0 saturated heterocycles. The third kappa shape index (κ3) is 2.14. The molecule has 1 rings (SSSR count). The zero-order chi connectivity index (χ0) is 11.6. The summed E-state index contributed by atoms with van der Waals surface area (Å²) < 4.78 is 30.8. The number of carbonyl (C=O) groups excluding carboxylic acids is 1. The molecule has 15 heavy (non-hydrogen) atoms. The summed E-state index contributed by atoms with van der Waals surface area (Å²) >= 11 is 0. The van der Waals surface area contributed by atoms with E-state index in [0.717, 1.165) is 12.1 Å². The van der Waals surface area contributed by atoms with E-state index in [-0.39, 0.29) is 5.75 Å². The van der Waals surface area contributed by atoms with E-state index in [4.69, 9.17) is 4.74 Å². The van der Waals surface area contributed by atoms with Crippen LogP contribution in [0.1, 0.15) is 19.4 Å². The largest absolute Gasteiger partial charge is 0.496 e. The molecule has 4 heteroatoms. The molecule has 0 aliphatic carbocycles. The smallest absolute Gasteiger partial charge is 0.162 e. The van der Waals surface area contributed by atoms with Gasteiger partial charge in [0.25, 0.3) is 0 Å². The van der Waals surface area contributed by atoms with Gasteiger partial charge < -0.3 is 9.53 Å². The molecular formula is C11H12F2O2. The van der Waals surface area contributed by atoms with Gasteiger partial charge in [-0.25, -0.2) is 8.78 Å². The number of halogens is 2. The van der Waals surface area contributed by atoms with Crippen molar-refractivity contribution in [3.8, 4) is 5.75 Å². The highest BCUT2D eigenvalue weighted by Gasteiger charge is 2.25. The number of aldehydes is 1. The zero-order valence-corrected chi connectivity index (χ0v) is 8.80. The highest BCUT2D eigenvalue weighted by Crippen LogP contribution is 2.31. The van der Waals surface area contributed by atoms with Gasteiger partial charge in [0.15, 0.2) is 11.6 Å². The van der Waals surface area contributed by atoms with Crippen LogP contribution in [-0.2, 0) is 10.2 Å². The molecule has 0 bridgehead atoms. The van der Waals surface area contributed by atoms with E-state index in [0.29, 0.717) is 11.8 Å². The van der Waals surface area contributed by atoms with Crippen LogP contribution in [0.5, 0.6) is 5.75 Å². The van der Waals surface area contributed by atoms with Crippen LogP contribution in [0, 0.1) is 11.6 Å². The number of methoxy groups -OCH3 is 1. The first kappa shape index (κ1) is 11.6. The van der Waals surface area contributed by atoms with Crippen molar-refractivity contribution in [3.63, 3.8) is 0 Å². The lowest BCUT2D eigenvalue weighted by Crippen LogP contribution is -2.20. The standard InChI is InChI=1S/C11H12F2O2/c1-11(2,6-14)7-4-8(12)9(13)5-10(7)15-3/h4-6H,1-3H3. The molecule has 0 amide bonds.